The Balaban J connectivity index is 2.36. The molecule has 7 nitrogen and oxygen atoms in total. The molecule has 2 rings (SSSR count). The maximum atomic E-state index is 12.8. The third kappa shape index (κ3) is 5.80. The summed E-state index contributed by atoms with van der Waals surface area (Å²) in [5.74, 6) is -2.13. The second kappa shape index (κ2) is 10.6. The fraction of sp³-hybridized carbons (Fsp3) is 0.286. The van der Waals surface area contributed by atoms with E-state index in [1.807, 2.05) is 0 Å². The Morgan fingerprint density at radius 2 is 1.45 bits per heavy atom. The molecule has 0 bridgehead atoms. The topological polar surface area (TPSA) is 90.9 Å². The Bertz CT molecular complexity index is 820. The van der Waals surface area contributed by atoms with Crippen LogP contribution in [0.4, 0.5) is 0 Å². The zero-order chi connectivity index (χ0) is 21.3. The third-order valence-electron chi connectivity index (χ3n) is 3.85. The largest absolute Gasteiger partial charge is 0.463 e. The number of hydrogen-bond donors (Lipinski definition) is 1. The van der Waals surface area contributed by atoms with Crippen LogP contribution in [0, 0.1) is 0 Å². The summed E-state index contributed by atoms with van der Waals surface area (Å²) in [6, 6.07) is 15.0. The van der Waals surface area contributed by atoms with E-state index in [0.717, 1.165) is 4.47 Å². The second-order valence-electron chi connectivity index (χ2n) is 5.87. The van der Waals surface area contributed by atoms with Crippen LogP contribution in [-0.2, 0) is 19.1 Å². The highest BCUT2D eigenvalue weighted by Gasteiger charge is 2.52. The molecule has 0 atom stereocenters. The van der Waals surface area contributed by atoms with Crippen molar-refractivity contribution in [3.8, 4) is 5.75 Å². The molecule has 0 heterocycles. The molecule has 0 spiro atoms. The van der Waals surface area contributed by atoms with Crippen molar-refractivity contribution in [2.24, 2.45) is 0 Å². The Labute approximate surface area is 177 Å². The first kappa shape index (κ1) is 22.4. The molecule has 2 aromatic carbocycles. The van der Waals surface area contributed by atoms with E-state index < -0.39 is 30.0 Å². The molecule has 154 valence electrons. The predicted octanol–water partition coefficient (Wildman–Crippen LogP) is 3.12. The van der Waals surface area contributed by atoms with E-state index >= 15 is 0 Å². The highest BCUT2D eigenvalue weighted by atomic mass is 79.9. The van der Waals surface area contributed by atoms with Gasteiger partial charge in [0.25, 0.3) is 5.91 Å². The number of halogens is 1. The Kier molecular flexibility index (Phi) is 8.21. The molecule has 0 aromatic heterocycles. The first-order valence-corrected chi connectivity index (χ1v) is 9.84. The lowest BCUT2D eigenvalue weighted by atomic mass is 10.0. The molecule has 2 aromatic rings. The minimum absolute atomic E-state index is 0.0241. The number of benzene rings is 2. The minimum Gasteiger partial charge on any atom is -0.463 e. The highest BCUT2D eigenvalue weighted by Crippen LogP contribution is 2.24. The van der Waals surface area contributed by atoms with Gasteiger partial charge in [-0.1, -0.05) is 34.1 Å². The quantitative estimate of drug-likeness (QED) is 0.453. The molecule has 0 aliphatic rings. The van der Waals surface area contributed by atoms with Crippen LogP contribution in [0.3, 0.4) is 0 Å². The number of carbonyl (C=O) groups is 3. The highest BCUT2D eigenvalue weighted by molar-refractivity contribution is 9.10. The lowest BCUT2D eigenvalue weighted by Crippen LogP contribution is -2.60. The van der Waals surface area contributed by atoms with Gasteiger partial charge in [0.05, 0.1) is 19.8 Å². The van der Waals surface area contributed by atoms with Crippen molar-refractivity contribution in [3.05, 3.63) is 64.6 Å². The zero-order valence-electron chi connectivity index (χ0n) is 16.1. The zero-order valence-corrected chi connectivity index (χ0v) is 17.7. The number of carbonyl (C=O) groups excluding carboxylic acids is 3. The fourth-order valence-corrected chi connectivity index (χ4v) is 2.71. The predicted molar refractivity (Wildman–Crippen MR) is 110 cm³/mol. The van der Waals surface area contributed by atoms with Crippen LogP contribution in [0.15, 0.2) is 59.1 Å². The van der Waals surface area contributed by atoms with Crippen molar-refractivity contribution in [1.29, 1.82) is 0 Å². The summed E-state index contributed by atoms with van der Waals surface area (Å²) in [5, 5.41) is 2.58. The molecular weight excluding hydrogens is 442 g/mol. The SMILES string of the molecule is CCOC(=O)C(CNC(=O)c1ccccc1)(Oc1ccc(Br)cc1)C(=O)OCC. The molecule has 0 aliphatic heterocycles. The van der Waals surface area contributed by atoms with Crippen LogP contribution in [-0.4, -0.2) is 43.2 Å². The summed E-state index contributed by atoms with van der Waals surface area (Å²) in [5.41, 5.74) is -1.82. The molecule has 0 saturated carbocycles. The molecule has 8 heteroatoms. The Morgan fingerprint density at radius 1 is 0.897 bits per heavy atom. The van der Waals surface area contributed by atoms with Crippen molar-refractivity contribution in [2.75, 3.05) is 19.8 Å². The minimum atomic E-state index is -2.19. The van der Waals surface area contributed by atoms with E-state index in [0.29, 0.717) is 5.56 Å². The van der Waals surface area contributed by atoms with Crippen LogP contribution in [0.1, 0.15) is 24.2 Å². The molecule has 1 N–H and O–H groups in total. The first-order valence-electron chi connectivity index (χ1n) is 9.05. The van der Waals surface area contributed by atoms with Crippen molar-refractivity contribution in [2.45, 2.75) is 19.4 Å². The van der Waals surface area contributed by atoms with Gasteiger partial charge in [-0.15, -0.1) is 0 Å². The van der Waals surface area contributed by atoms with E-state index in [1.165, 1.54) is 0 Å². The summed E-state index contributed by atoms with van der Waals surface area (Å²) < 4.78 is 16.7. The summed E-state index contributed by atoms with van der Waals surface area (Å²) in [6.07, 6.45) is 0. The monoisotopic (exact) mass is 463 g/mol. The van der Waals surface area contributed by atoms with Gasteiger partial charge in [-0.2, -0.15) is 0 Å². The molecule has 29 heavy (non-hydrogen) atoms. The van der Waals surface area contributed by atoms with Crippen molar-refractivity contribution in [1.82, 2.24) is 5.32 Å². The Hall–Kier alpha value is -2.87. The molecule has 0 fully saturated rings. The summed E-state index contributed by atoms with van der Waals surface area (Å²) in [7, 11) is 0. The van der Waals surface area contributed by atoms with E-state index in [1.54, 1.807) is 68.4 Å². The van der Waals surface area contributed by atoms with E-state index in [9.17, 15) is 14.4 Å². The van der Waals surface area contributed by atoms with Gasteiger partial charge in [0.15, 0.2) is 0 Å². The maximum Gasteiger partial charge on any atom is 0.364 e. The van der Waals surface area contributed by atoms with Crippen molar-refractivity contribution in [3.63, 3.8) is 0 Å². The lowest BCUT2D eigenvalue weighted by molar-refractivity contribution is -0.179. The van der Waals surface area contributed by atoms with Crippen LogP contribution in [0.25, 0.3) is 0 Å². The normalized spacial score (nSPS) is 10.7. The van der Waals surface area contributed by atoms with Crippen LogP contribution >= 0.6 is 15.9 Å². The van der Waals surface area contributed by atoms with Crippen molar-refractivity contribution < 1.29 is 28.6 Å². The average Bonchev–Trinajstić information content (AvgIpc) is 2.73. The van der Waals surface area contributed by atoms with Gasteiger partial charge < -0.3 is 19.5 Å². The van der Waals surface area contributed by atoms with Gasteiger partial charge in [-0.3, -0.25) is 4.79 Å². The average molecular weight is 464 g/mol. The fourth-order valence-electron chi connectivity index (χ4n) is 2.44. The molecule has 0 unspecified atom stereocenters. The van der Waals surface area contributed by atoms with Gasteiger partial charge >= 0.3 is 17.5 Å². The van der Waals surface area contributed by atoms with E-state index in [2.05, 4.69) is 21.2 Å². The molecule has 0 saturated heterocycles. The number of ether oxygens (including phenoxy) is 3. The number of hydrogen-bond acceptors (Lipinski definition) is 6. The van der Waals surface area contributed by atoms with Gasteiger partial charge in [0, 0.05) is 10.0 Å². The maximum absolute atomic E-state index is 12.8. The second-order valence-corrected chi connectivity index (χ2v) is 6.79. The number of nitrogens with one attached hydrogen (secondary N) is 1. The van der Waals surface area contributed by atoms with E-state index in [4.69, 9.17) is 14.2 Å². The first-order chi connectivity index (χ1) is 13.9. The lowest BCUT2D eigenvalue weighted by Gasteiger charge is -2.30. The van der Waals surface area contributed by atoms with Gasteiger partial charge in [0.2, 0.25) is 0 Å². The van der Waals surface area contributed by atoms with Crippen LogP contribution in [0.2, 0.25) is 0 Å². The molecular formula is C21H22BrNO6. The molecule has 1 amide bonds. The standard InChI is InChI=1S/C21H22BrNO6/c1-3-27-19(25)21(20(26)28-4-2,29-17-12-10-16(22)11-13-17)14-23-18(24)15-8-6-5-7-9-15/h5-13H,3-4,14H2,1-2H3,(H,23,24). The van der Waals surface area contributed by atoms with Gasteiger partial charge in [-0.05, 0) is 50.2 Å². The Morgan fingerprint density at radius 3 is 1.97 bits per heavy atom. The van der Waals surface area contributed by atoms with E-state index in [-0.39, 0.29) is 19.0 Å². The van der Waals surface area contributed by atoms with Gasteiger partial charge in [-0.25, -0.2) is 9.59 Å². The molecule has 0 aliphatic carbocycles. The molecule has 0 radical (unpaired) electrons. The summed E-state index contributed by atoms with van der Waals surface area (Å²) >= 11 is 3.31. The number of rotatable bonds is 9. The summed E-state index contributed by atoms with van der Waals surface area (Å²) in [4.78, 5) is 38.1. The summed E-state index contributed by atoms with van der Waals surface area (Å²) in [6.45, 7) is 2.80. The van der Waals surface area contributed by atoms with Crippen LogP contribution in [0.5, 0.6) is 5.75 Å². The smallest absolute Gasteiger partial charge is 0.364 e. The number of esters is 2. The van der Waals surface area contributed by atoms with Gasteiger partial charge in [0.1, 0.15) is 5.75 Å². The van der Waals surface area contributed by atoms with Crippen LogP contribution < -0.4 is 10.1 Å². The third-order valence-corrected chi connectivity index (χ3v) is 4.38. The van der Waals surface area contributed by atoms with Crippen molar-refractivity contribution >= 4 is 33.8 Å². The number of amides is 1.